The van der Waals surface area contributed by atoms with Gasteiger partial charge in [-0.3, -0.25) is 4.79 Å². The van der Waals surface area contributed by atoms with Gasteiger partial charge in [-0.25, -0.2) is 10.4 Å². The van der Waals surface area contributed by atoms with Crippen LogP contribution in [0.5, 0.6) is 0 Å². The van der Waals surface area contributed by atoms with Crippen LogP contribution in [-0.2, 0) is 10.5 Å². The molecule has 27 heavy (non-hydrogen) atoms. The lowest BCUT2D eigenvalue weighted by Crippen LogP contribution is -2.19. The summed E-state index contributed by atoms with van der Waals surface area (Å²) in [5.41, 5.74) is 5.33. The number of rotatable bonds is 7. The molecule has 0 saturated heterocycles. The van der Waals surface area contributed by atoms with Crippen molar-refractivity contribution < 1.29 is 4.79 Å². The van der Waals surface area contributed by atoms with Crippen molar-refractivity contribution in [1.29, 1.82) is 0 Å². The first kappa shape index (κ1) is 19.9. The quantitative estimate of drug-likeness (QED) is 0.393. The van der Waals surface area contributed by atoms with Gasteiger partial charge in [0.1, 0.15) is 5.01 Å². The Bertz CT molecular complexity index is 925. The second-order valence-electron chi connectivity index (χ2n) is 5.47. The molecule has 4 nitrogen and oxygen atoms in total. The van der Waals surface area contributed by atoms with E-state index in [9.17, 15) is 4.79 Å². The molecule has 8 heteroatoms. The predicted molar refractivity (Wildman–Crippen MR) is 116 cm³/mol. The number of carbonyl (C=O) groups excluding carboxylic acids is 1. The normalized spacial score (nSPS) is 11.0. The molecule has 0 atom stereocenters. The van der Waals surface area contributed by atoms with Gasteiger partial charge in [0.05, 0.1) is 17.7 Å². The van der Waals surface area contributed by atoms with Crippen molar-refractivity contribution in [2.24, 2.45) is 5.10 Å². The number of amides is 1. The summed E-state index contributed by atoms with van der Waals surface area (Å²) in [4.78, 5) is 16.4. The van der Waals surface area contributed by atoms with E-state index in [0.717, 1.165) is 21.8 Å². The highest BCUT2D eigenvalue weighted by Crippen LogP contribution is 2.25. The lowest BCUT2D eigenvalue weighted by molar-refractivity contribution is -0.118. The lowest BCUT2D eigenvalue weighted by Gasteiger charge is -1.99. The fourth-order valence-corrected chi connectivity index (χ4v) is 4.07. The number of nitrogens with one attached hydrogen (secondary N) is 1. The largest absolute Gasteiger partial charge is 0.272 e. The molecule has 0 aliphatic rings. The van der Waals surface area contributed by atoms with Crippen LogP contribution in [0.2, 0.25) is 10.0 Å². The highest BCUT2D eigenvalue weighted by molar-refractivity contribution is 7.99. The molecule has 0 radical (unpaired) electrons. The summed E-state index contributed by atoms with van der Waals surface area (Å²) in [5.74, 6) is 0.833. The maximum Gasteiger partial charge on any atom is 0.250 e. The summed E-state index contributed by atoms with van der Waals surface area (Å²) in [7, 11) is 0. The van der Waals surface area contributed by atoms with E-state index in [1.165, 1.54) is 11.8 Å². The molecular weight excluding hydrogens is 421 g/mol. The summed E-state index contributed by atoms with van der Waals surface area (Å²) in [6, 6.07) is 14.8. The molecule has 0 spiro atoms. The second-order valence-corrected chi connectivity index (χ2v) is 8.27. The Morgan fingerprint density at radius 3 is 2.48 bits per heavy atom. The van der Waals surface area contributed by atoms with Crippen LogP contribution in [0.3, 0.4) is 0 Å². The Balaban J connectivity index is 1.42. The smallest absolute Gasteiger partial charge is 0.250 e. The van der Waals surface area contributed by atoms with Crippen molar-refractivity contribution in [3.63, 3.8) is 0 Å². The monoisotopic (exact) mass is 435 g/mol. The Morgan fingerprint density at radius 1 is 1.11 bits per heavy atom. The molecule has 2 aromatic carbocycles. The number of hydrogen-bond acceptors (Lipinski definition) is 5. The van der Waals surface area contributed by atoms with Gasteiger partial charge in [-0.05, 0) is 29.8 Å². The number of thioether (sulfide) groups is 1. The minimum absolute atomic E-state index is 0.153. The van der Waals surface area contributed by atoms with Gasteiger partial charge in [-0.2, -0.15) is 5.10 Å². The van der Waals surface area contributed by atoms with E-state index in [1.54, 1.807) is 29.7 Å². The Labute approximate surface area is 175 Å². The first-order valence-electron chi connectivity index (χ1n) is 7.96. The van der Waals surface area contributed by atoms with Crippen LogP contribution >= 0.6 is 46.3 Å². The lowest BCUT2D eigenvalue weighted by atomic mass is 10.2. The summed E-state index contributed by atoms with van der Waals surface area (Å²) in [5, 5.41) is 8.29. The Hall–Kier alpha value is -1.86. The third-order valence-corrected chi connectivity index (χ3v) is 5.90. The number of hydrazone groups is 1. The average molecular weight is 436 g/mol. The van der Waals surface area contributed by atoms with Gasteiger partial charge in [0.15, 0.2) is 0 Å². The van der Waals surface area contributed by atoms with E-state index in [4.69, 9.17) is 23.2 Å². The first-order chi connectivity index (χ1) is 13.1. The molecule has 0 aliphatic carbocycles. The van der Waals surface area contributed by atoms with Gasteiger partial charge < -0.3 is 0 Å². The van der Waals surface area contributed by atoms with Crippen molar-refractivity contribution in [1.82, 2.24) is 10.4 Å². The molecule has 0 unspecified atom stereocenters. The van der Waals surface area contributed by atoms with E-state index in [1.807, 2.05) is 41.8 Å². The summed E-state index contributed by atoms with van der Waals surface area (Å²) >= 11 is 14.8. The minimum Gasteiger partial charge on any atom is -0.272 e. The van der Waals surface area contributed by atoms with Gasteiger partial charge in [-0.15, -0.1) is 23.1 Å². The fourth-order valence-electron chi connectivity index (χ4n) is 2.12. The molecule has 138 valence electrons. The number of halogens is 2. The van der Waals surface area contributed by atoms with Crippen LogP contribution in [0, 0.1) is 0 Å². The minimum atomic E-state index is -0.153. The van der Waals surface area contributed by atoms with E-state index < -0.39 is 0 Å². The number of nitrogens with zero attached hydrogens (tertiary/aromatic N) is 2. The topological polar surface area (TPSA) is 54.4 Å². The highest BCUT2D eigenvalue weighted by atomic mass is 35.5. The van der Waals surface area contributed by atoms with Crippen LogP contribution in [0.15, 0.2) is 59.0 Å². The molecule has 3 rings (SSSR count). The molecule has 1 amide bonds. The van der Waals surface area contributed by atoms with Gasteiger partial charge >= 0.3 is 0 Å². The Kier molecular flexibility index (Phi) is 7.29. The number of aromatic nitrogens is 1. The zero-order valence-corrected chi connectivity index (χ0v) is 17.2. The third-order valence-electron chi connectivity index (χ3n) is 3.42. The van der Waals surface area contributed by atoms with Crippen molar-refractivity contribution >= 4 is 58.4 Å². The van der Waals surface area contributed by atoms with E-state index >= 15 is 0 Å². The van der Waals surface area contributed by atoms with E-state index in [2.05, 4.69) is 15.5 Å². The fraction of sp³-hybridized carbons (Fsp3) is 0.105. The van der Waals surface area contributed by atoms with Crippen molar-refractivity contribution in [3.8, 4) is 11.3 Å². The number of thiazole rings is 1. The van der Waals surface area contributed by atoms with Crippen LogP contribution in [0.1, 0.15) is 10.6 Å². The maximum absolute atomic E-state index is 11.8. The molecule has 1 heterocycles. The predicted octanol–water partition coefficient (Wildman–Crippen LogP) is 5.50. The van der Waals surface area contributed by atoms with Crippen molar-refractivity contribution in [2.75, 3.05) is 5.75 Å². The van der Waals surface area contributed by atoms with Crippen molar-refractivity contribution in [3.05, 3.63) is 74.5 Å². The SMILES string of the molecule is O=C(CSCc1nc(-c2ccc(Cl)cc2)cs1)NN=Cc1ccc(Cl)cc1. The Morgan fingerprint density at radius 2 is 1.78 bits per heavy atom. The molecule has 0 bridgehead atoms. The van der Waals surface area contributed by atoms with Gasteiger partial charge in [0.2, 0.25) is 5.91 Å². The highest BCUT2D eigenvalue weighted by Gasteiger charge is 2.06. The summed E-state index contributed by atoms with van der Waals surface area (Å²) in [6.07, 6.45) is 1.58. The molecule has 1 aromatic heterocycles. The third kappa shape index (κ3) is 6.36. The standard InChI is InChI=1S/C19H15Cl2N3OS2/c20-15-5-1-13(2-6-15)9-22-24-18(25)11-26-12-19-23-17(10-27-19)14-3-7-16(21)8-4-14/h1-10H,11-12H2,(H,24,25). The van der Waals surface area contributed by atoms with Crippen LogP contribution < -0.4 is 5.43 Å². The van der Waals surface area contributed by atoms with Gasteiger partial charge in [0, 0.05) is 26.7 Å². The zero-order valence-electron chi connectivity index (χ0n) is 14.1. The summed E-state index contributed by atoms with van der Waals surface area (Å²) < 4.78 is 0. The van der Waals surface area contributed by atoms with Crippen LogP contribution in [-0.4, -0.2) is 22.9 Å². The molecular formula is C19H15Cl2N3OS2. The van der Waals surface area contributed by atoms with Crippen molar-refractivity contribution in [2.45, 2.75) is 5.75 Å². The molecule has 3 aromatic rings. The van der Waals surface area contributed by atoms with E-state index in [-0.39, 0.29) is 5.91 Å². The second kappa shape index (κ2) is 9.90. The van der Waals surface area contributed by atoms with Gasteiger partial charge in [0.25, 0.3) is 0 Å². The van der Waals surface area contributed by atoms with E-state index in [0.29, 0.717) is 21.6 Å². The first-order valence-corrected chi connectivity index (χ1v) is 10.7. The zero-order chi connectivity index (χ0) is 19.1. The number of carbonyl (C=O) groups is 1. The van der Waals surface area contributed by atoms with Crippen LogP contribution in [0.4, 0.5) is 0 Å². The number of hydrogen-bond donors (Lipinski definition) is 1. The summed E-state index contributed by atoms with van der Waals surface area (Å²) in [6.45, 7) is 0. The maximum atomic E-state index is 11.8. The van der Waals surface area contributed by atoms with Crippen LogP contribution in [0.25, 0.3) is 11.3 Å². The number of benzene rings is 2. The molecule has 0 aliphatic heterocycles. The molecule has 0 saturated carbocycles. The van der Waals surface area contributed by atoms with Gasteiger partial charge in [-0.1, -0.05) is 47.5 Å². The molecule has 1 N–H and O–H groups in total. The average Bonchev–Trinajstić information content (AvgIpc) is 3.13. The molecule has 0 fully saturated rings.